The highest BCUT2D eigenvalue weighted by atomic mass is 19.4. The van der Waals surface area contributed by atoms with Gasteiger partial charge in [-0.2, -0.15) is 13.2 Å². The van der Waals surface area contributed by atoms with Gasteiger partial charge >= 0.3 is 6.18 Å². The fourth-order valence-electron chi connectivity index (χ4n) is 2.05. The van der Waals surface area contributed by atoms with E-state index < -0.39 is 17.6 Å². The van der Waals surface area contributed by atoms with Crippen molar-refractivity contribution in [1.82, 2.24) is 14.5 Å². The molecule has 0 saturated carbocycles. The Bertz CT molecular complexity index is 720. The summed E-state index contributed by atoms with van der Waals surface area (Å²) < 4.78 is 39.2. The Hall–Kier alpha value is -2.51. The van der Waals surface area contributed by atoms with Crippen LogP contribution in [0, 0.1) is 0 Å². The van der Waals surface area contributed by atoms with Crippen LogP contribution in [0.4, 0.5) is 18.9 Å². The van der Waals surface area contributed by atoms with Crippen LogP contribution in [-0.2, 0) is 12.6 Å². The van der Waals surface area contributed by atoms with Crippen molar-refractivity contribution >= 4 is 17.3 Å². The third-order valence-corrected chi connectivity index (χ3v) is 3.11. The molecule has 0 saturated heterocycles. The molecule has 0 radical (unpaired) electrons. The minimum Gasteiger partial charge on any atom is -0.271 e. The maximum absolute atomic E-state index is 12.7. The summed E-state index contributed by atoms with van der Waals surface area (Å²) in [7, 11) is 0. The topological polar surface area (TPSA) is 60.1 Å². The van der Waals surface area contributed by atoms with Crippen LogP contribution < -0.4 is 0 Å². The molecule has 0 amide bonds. The summed E-state index contributed by atoms with van der Waals surface area (Å²) in [5.74, 6) is -0.393. The number of halogens is 3. The summed E-state index contributed by atoms with van der Waals surface area (Å²) in [5, 5.41) is 0. The quantitative estimate of drug-likeness (QED) is 0.812. The van der Waals surface area contributed by atoms with E-state index in [1.54, 1.807) is 0 Å². The molecule has 21 heavy (non-hydrogen) atoms. The molecule has 3 heterocycles. The lowest BCUT2D eigenvalue weighted by Crippen LogP contribution is -2.23. The fraction of sp³-hybridized carbons (Fsp3) is 0.231. The van der Waals surface area contributed by atoms with E-state index in [0.29, 0.717) is 18.5 Å². The van der Waals surface area contributed by atoms with Crippen LogP contribution in [0.15, 0.2) is 36.0 Å². The van der Waals surface area contributed by atoms with E-state index in [4.69, 9.17) is 0 Å². The molecular weight excluding hydrogens is 285 g/mol. The second kappa shape index (κ2) is 4.80. The molecule has 8 heteroatoms. The minimum atomic E-state index is -4.48. The summed E-state index contributed by atoms with van der Waals surface area (Å²) in [6, 6.07) is 0.919. The molecule has 108 valence electrons. The number of fused-ring (bicyclic) bond motifs is 1. The van der Waals surface area contributed by atoms with Crippen molar-refractivity contribution < 1.29 is 18.0 Å². The number of alkyl halides is 3. The Balaban J connectivity index is 1.98. The monoisotopic (exact) mass is 294 g/mol. The first-order chi connectivity index (χ1) is 9.95. The van der Waals surface area contributed by atoms with Crippen LogP contribution in [-0.4, -0.2) is 26.2 Å². The van der Waals surface area contributed by atoms with Crippen LogP contribution in [0.2, 0.25) is 0 Å². The van der Waals surface area contributed by atoms with Gasteiger partial charge in [0.1, 0.15) is 12.0 Å². The lowest BCUT2D eigenvalue weighted by molar-refractivity contribution is -0.137. The van der Waals surface area contributed by atoms with Gasteiger partial charge < -0.3 is 0 Å². The maximum atomic E-state index is 12.7. The molecule has 5 nitrogen and oxygen atoms in total. The molecule has 0 aromatic carbocycles. The molecule has 0 atom stereocenters. The van der Waals surface area contributed by atoms with Gasteiger partial charge in [0.15, 0.2) is 0 Å². The first-order valence-corrected chi connectivity index (χ1v) is 6.11. The van der Waals surface area contributed by atoms with Crippen LogP contribution in [0.3, 0.4) is 0 Å². The molecule has 1 aliphatic heterocycles. The number of carbonyl (C=O) groups is 1. The van der Waals surface area contributed by atoms with Crippen molar-refractivity contribution in [3.63, 3.8) is 0 Å². The number of hydrogen-bond donors (Lipinski definition) is 0. The predicted octanol–water partition coefficient (Wildman–Crippen LogP) is 2.66. The highest BCUT2D eigenvalue weighted by Crippen LogP contribution is 2.33. The highest BCUT2D eigenvalue weighted by Gasteiger charge is 2.32. The van der Waals surface area contributed by atoms with Gasteiger partial charge in [-0.3, -0.25) is 14.3 Å². The molecule has 2 aromatic heterocycles. The van der Waals surface area contributed by atoms with Crippen molar-refractivity contribution in [3.8, 4) is 0 Å². The Kier molecular flexibility index (Phi) is 3.08. The Morgan fingerprint density at radius 3 is 2.76 bits per heavy atom. The molecule has 0 N–H and O–H groups in total. The van der Waals surface area contributed by atoms with Crippen LogP contribution in [0.25, 0.3) is 0 Å². The summed E-state index contributed by atoms with van der Waals surface area (Å²) >= 11 is 0. The number of aryl methyl sites for hydroxylation is 1. The molecule has 0 bridgehead atoms. The lowest BCUT2D eigenvalue weighted by atomic mass is 10.0. The van der Waals surface area contributed by atoms with E-state index in [0.717, 1.165) is 12.3 Å². The average Bonchev–Trinajstić information content (AvgIpc) is 2.98. The smallest absolute Gasteiger partial charge is 0.271 e. The van der Waals surface area contributed by atoms with Gasteiger partial charge in [-0.25, -0.2) is 9.98 Å². The van der Waals surface area contributed by atoms with Gasteiger partial charge in [0, 0.05) is 25.0 Å². The first-order valence-electron chi connectivity index (χ1n) is 6.11. The van der Waals surface area contributed by atoms with Crippen LogP contribution in [0.5, 0.6) is 0 Å². The van der Waals surface area contributed by atoms with E-state index in [1.807, 2.05) is 0 Å². The fourth-order valence-corrected chi connectivity index (χ4v) is 2.05. The zero-order valence-corrected chi connectivity index (χ0v) is 10.6. The summed E-state index contributed by atoms with van der Waals surface area (Å²) in [5.41, 5.74) is -0.118. The van der Waals surface area contributed by atoms with Crippen LogP contribution in [0.1, 0.15) is 22.5 Å². The van der Waals surface area contributed by atoms with Crippen molar-refractivity contribution in [2.45, 2.75) is 19.0 Å². The first kappa shape index (κ1) is 13.5. The molecule has 0 unspecified atom stereocenters. The molecule has 1 aliphatic rings. The van der Waals surface area contributed by atoms with Gasteiger partial charge in [0.2, 0.25) is 0 Å². The van der Waals surface area contributed by atoms with Crippen molar-refractivity contribution in [1.29, 1.82) is 0 Å². The summed E-state index contributed by atoms with van der Waals surface area (Å²) in [4.78, 5) is 23.7. The SMILES string of the molecule is O=C(C1=Nc2cc(C(F)(F)F)cnc2CC1)n1ccnc1. The molecule has 2 aromatic rings. The van der Waals surface area contributed by atoms with Gasteiger partial charge in [-0.1, -0.05) is 0 Å². The van der Waals surface area contributed by atoms with E-state index in [-0.39, 0.29) is 11.4 Å². The van der Waals surface area contributed by atoms with Gasteiger partial charge in [-0.05, 0) is 12.5 Å². The summed E-state index contributed by atoms with van der Waals surface area (Å²) in [6.07, 6.45) is 1.25. The van der Waals surface area contributed by atoms with Gasteiger partial charge in [0.05, 0.1) is 16.9 Å². The molecule has 0 aliphatic carbocycles. The normalized spacial score (nSPS) is 14.5. The number of aliphatic imine (C=N–C) groups is 1. The van der Waals surface area contributed by atoms with E-state index in [1.165, 1.54) is 23.3 Å². The predicted molar refractivity (Wildman–Crippen MR) is 67.5 cm³/mol. The van der Waals surface area contributed by atoms with Gasteiger partial charge in [0.25, 0.3) is 5.91 Å². The van der Waals surface area contributed by atoms with Crippen LogP contribution >= 0.6 is 0 Å². The number of nitrogens with zero attached hydrogens (tertiary/aromatic N) is 4. The largest absolute Gasteiger partial charge is 0.417 e. The number of pyridine rings is 1. The zero-order valence-electron chi connectivity index (χ0n) is 10.6. The maximum Gasteiger partial charge on any atom is 0.417 e. The molecular formula is C13H9F3N4O. The number of aromatic nitrogens is 3. The standard InChI is InChI=1S/C13H9F3N4O/c14-13(15,16)8-5-11-9(18-6-8)1-2-10(19-11)12(21)20-4-3-17-7-20/h3-7H,1-2H2. The van der Waals surface area contributed by atoms with Gasteiger partial charge in [-0.15, -0.1) is 0 Å². The minimum absolute atomic E-state index is 0.0968. The Morgan fingerprint density at radius 1 is 1.29 bits per heavy atom. The number of rotatable bonds is 1. The number of hydrogen-bond acceptors (Lipinski definition) is 4. The van der Waals surface area contributed by atoms with Crippen molar-refractivity contribution in [3.05, 3.63) is 42.2 Å². The molecule has 0 spiro atoms. The molecule has 3 rings (SSSR count). The van der Waals surface area contributed by atoms with E-state index in [9.17, 15) is 18.0 Å². The Morgan fingerprint density at radius 2 is 2.10 bits per heavy atom. The van der Waals surface area contributed by atoms with E-state index in [2.05, 4.69) is 15.0 Å². The second-order valence-corrected chi connectivity index (χ2v) is 4.52. The second-order valence-electron chi connectivity index (χ2n) is 4.52. The highest BCUT2D eigenvalue weighted by molar-refractivity contribution is 6.40. The van der Waals surface area contributed by atoms with Crippen molar-refractivity contribution in [2.75, 3.05) is 0 Å². The lowest BCUT2D eigenvalue weighted by Gasteiger charge is -2.15. The van der Waals surface area contributed by atoms with Crippen molar-refractivity contribution in [2.24, 2.45) is 4.99 Å². The third-order valence-electron chi connectivity index (χ3n) is 3.11. The zero-order chi connectivity index (χ0) is 15.0. The van der Waals surface area contributed by atoms with E-state index >= 15 is 0 Å². The number of imidazole rings is 1. The average molecular weight is 294 g/mol. The molecule has 0 fully saturated rings. The number of carbonyl (C=O) groups excluding carboxylic acids is 1. The Labute approximate surface area is 117 Å². The summed E-state index contributed by atoms with van der Waals surface area (Å²) in [6.45, 7) is 0. The third kappa shape index (κ3) is 2.56.